The van der Waals surface area contributed by atoms with Crippen molar-refractivity contribution in [1.82, 2.24) is 0 Å². The molecule has 2 aromatic carbocycles. The topological polar surface area (TPSA) is 40.5 Å². The Labute approximate surface area is 128 Å². The van der Waals surface area contributed by atoms with Gasteiger partial charge in [0.15, 0.2) is 9.79 Å². The van der Waals surface area contributed by atoms with Crippen LogP contribution in [0.2, 0.25) is 0 Å². The summed E-state index contributed by atoms with van der Waals surface area (Å²) in [4.78, 5) is 2.57. The van der Waals surface area contributed by atoms with Crippen molar-refractivity contribution in [1.29, 1.82) is 0 Å². The molecule has 0 radical (unpaired) electrons. The van der Waals surface area contributed by atoms with Crippen LogP contribution >= 0.6 is 0 Å². The van der Waals surface area contributed by atoms with Gasteiger partial charge in [-0.05, 0) is 74.2 Å². The Bertz CT molecular complexity index is 526. The zero-order valence-corrected chi connectivity index (χ0v) is 12.9. The molecule has 0 unspecified atom stereocenters. The highest BCUT2D eigenvalue weighted by Crippen LogP contribution is 2.36. The lowest BCUT2D eigenvalue weighted by molar-refractivity contribution is 0.474. The van der Waals surface area contributed by atoms with Crippen LogP contribution < -0.4 is 0 Å². The van der Waals surface area contributed by atoms with Crippen molar-refractivity contribution in [2.45, 2.75) is 47.1 Å². The molecule has 0 saturated heterocycles. The van der Waals surface area contributed by atoms with E-state index in [9.17, 15) is 10.2 Å². The first-order chi connectivity index (χ1) is 10.2. The van der Waals surface area contributed by atoms with Gasteiger partial charge in [0.05, 0.1) is 10.9 Å². The van der Waals surface area contributed by atoms with E-state index in [1.165, 1.54) is 41.9 Å². The molecule has 3 rings (SSSR count). The molecule has 0 heterocycles. The second-order valence-electron chi connectivity index (χ2n) is 5.59. The van der Waals surface area contributed by atoms with Gasteiger partial charge < -0.3 is 10.2 Å². The van der Waals surface area contributed by atoms with Gasteiger partial charge in [0, 0.05) is 0 Å². The van der Waals surface area contributed by atoms with E-state index in [-0.39, 0.29) is 10.9 Å². The molecule has 1 aliphatic rings. The van der Waals surface area contributed by atoms with Gasteiger partial charge in [-0.15, -0.1) is 0 Å². The lowest BCUT2D eigenvalue weighted by Crippen LogP contribution is -2.24. The second-order valence-corrected chi connectivity index (χ2v) is 7.87. The highest BCUT2D eigenvalue weighted by atomic mass is 32.2. The first kappa shape index (κ1) is 14.3. The molecule has 2 aromatic rings. The van der Waals surface area contributed by atoms with E-state index < -0.39 is 0 Å². The minimum atomic E-state index is 0.0235. The van der Waals surface area contributed by atoms with Crippen LogP contribution in [0.3, 0.4) is 0 Å². The van der Waals surface area contributed by atoms with Gasteiger partial charge in [-0.2, -0.15) is 0 Å². The molecule has 0 spiro atoms. The summed E-state index contributed by atoms with van der Waals surface area (Å²) in [6.07, 6.45) is 6.50. The summed E-state index contributed by atoms with van der Waals surface area (Å²) in [5, 5.41) is 19.7. The van der Waals surface area contributed by atoms with Gasteiger partial charge in [-0.3, -0.25) is 0 Å². The summed E-state index contributed by atoms with van der Waals surface area (Å²) in [6, 6.07) is 15.3. The van der Waals surface area contributed by atoms with Crippen molar-refractivity contribution >= 4 is 10.9 Å². The van der Waals surface area contributed by atoms with Gasteiger partial charge in [-0.25, -0.2) is 0 Å². The monoisotopic (exact) mass is 301 g/mol. The number of rotatable bonds is 3. The molecule has 0 amide bonds. The van der Waals surface area contributed by atoms with Crippen molar-refractivity contribution in [3.05, 3.63) is 48.5 Å². The zero-order valence-electron chi connectivity index (χ0n) is 12.0. The minimum Gasteiger partial charge on any atom is -0.508 e. The summed E-state index contributed by atoms with van der Waals surface area (Å²) in [5.74, 6) is 0.633. The molecular formula is C18H21O2S+. The van der Waals surface area contributed by atoms with Crippen LogP contribution in [0, 0.1) is 0 Å². The predicted octanol–water partition coefficient (Wildman–Crippen LogP) is 4.47. The Hall–Kier alpha value is -1.61. The van der Waals surface area contributed by atoms with E-state index in [1.807, 2.05) is 24.3 Å². The number of phenols is 2. The molecule has 0 atom stereocenters. The highest BCUT2D eigenvalue weighted by molar-refractivity contribution is 7.97. The summed E-state index contributed by atoms with van der Waals surface area (Å²) >= 11 is 0. The quantitative estimate of drug-likeness (QED) is 0.821. The number of phenolic OH excluding ortho intramolecular Hbond substituents is 2. The van der Waals surface area contributed by atoms with Gasteiger partial charge in [0.25, 0.3) is 0 Å². The molecule has 1 fully saturated rings. The summed E-state index contributed by atoms with van der Waals surface area (Å²) in [5.41, 5.74) is 0. The molecule has 0 bridgehead atoms. The number of hydrogen-bond acceptors (Lipinski definition) is 2. The largest absolute Gasteiger partial charge is 0.508 e. The summed E-state index contributed by atoms with van der Waals surface area (Å²) in [7, 11) is 0.0235. The number of hydrogen-bond donors (Lipinski definition) is 2. The van der Waals surface area contributed by atoms with Crippen molar-refractivity contribution in [2.75, 3.05) is 0 Å². The lowest BCUT2D eigenvalue weighted by atomic mass is 10.0. The smallest absolute Gasteiger partial charge is 0.161 e. The molecule has 2 N–H and O–H groups in total. The van der Waals surface area contributed by atoms with E-state index in [0.29, 0.717) is 16.7 Å². The number of benzene rings is 2. The minimum absolute atomic E-state index is 0.0235. The van der Waals surface area contributed by atoms with Gasteiger partial charge in [-0.1, -0.05) is 6.42 Å². The normalized spacial score (nSPS) is 16.2. The van der Waals surface area contributed by atoms with Crippen molar-refractivity contribution in [3.8, 4) is 11.5 Å². The first-order valence-electron chi connectivity index (χ1n) is 7.55. The van der Waals surface area contributed by atoms with Crippen molar-refractivity contribution in [3.63, 3.8) is 0 Å². The van der Waals surface area contributed by atoms with Gasteiger partial charge in [0.1, 0.15) is 16.7 Å². The molecule has 110 valence electrons. The average molecular weight is 301 g/mol. The Morgan fingerprint density at radius 1 is 0.667 bits per heavy atom. The van der Waals surface area contributed by atoms with E-state index in [4.69, 9.17) is 0 Å². The Kier molecular flexibility index (Phi) is 4.39. The SMILES string of the molecule is Oc1ccc([S+](c2ccc(O)cc2)C2CCCCC2)cc1. The first-order valence-corrected chi connectivity index (χ1v) is 8.84. The van der Waals surface area contributed by atoms with Crippen LogP contribution in [0.25, 0.3) is 0 Å². The molecule has 21 heavy (non-hydrogen) atoms. The molecule has 1 aliphatic carbocycles. The van der Waals surface area contributed by atoms with Crippen molar-refractivity contribution in [2.24, 2.45) is 0 Å². The van der Waals surface area contributed by atoms with Crippen LogP contribution in [0.4, 0.5) is 0 Å². The second kappa shape index (κ2) is 6.44. The third-order valence-corrected chi connectivity index (χ3v) is 6.76. The molecule has 1 saturated carbocycles. The Balaban J connectivity index is 1.97. The van der Waals surface area contributed by atoms with Crippen molar-refractivity contribution < 1.29 is 10.2 Å². The lowest BCUT2D eigenvalue weighted by Gasteiger charge is -2.22. The van der Waals surface area contributed by atoms with Crippen LogP contribution in [-0.4, -0.2) is 15.5 Å². The third kappa shape index (κ3) is 3.35. The standard InChI is InChI=1S/C18H20O2S/c19-14-6-10-17(11-7-14)21(16-4-2-1-3-5-16)18-12-8-15(20)9-13-18/h6-13,16H,1-5H2,(H-,19,20)/p+1. The van der Waals surface area contributed by atoms with Gasteiger partial charge in [0.2, 0.25) is 0 Å². The molecule has 0 aliphatic heterocycles. The molecular weight excluding hydrogens is 280 g/mol. The van der Waals surface area contributed by atoms with E-state index in [1.54, 1.807) is 24.3 Å². The summed E-state index contributed by atoms with van der Waals surface area (Å²) < 4.78 is 0. The van der Waals surface area contributed by atoms with Crippen LogP contribution in [0.15, 0.2) is 58.3 Å². The highest BCUT2D eigenvalue weighted by Gasteiger charge is 2.36. The Morgan fingerprint density at radius 2 is 1.10 bits per heavy atom. The maximum absolute atomic E-state index is 9.53. The third-order valence-electron chi connectivity index (χ3n) is 4.07. The maximum atomic E-state index is 9.53. The average Bonchev–Trinajstić information content (AvgIpc) is 2.52. The van der Waals surface area contributed by atoms with Gasteiger partial charge >= 0.3 is 0 Å². The zero-order chi connectivity index (χ0) is 14.7. The van der Waals surface area contributed by atoms with E-state index in [0.717, 1.165) is 0 Å². The van der Waals surface area contributed by atoms with E-state index >= 15 is 0 Å². The molecule has 3 heteroatoms. The maximum Gasteiger partial charge on any atom is 0.161 e. The fourth-order valence-corrected chi connectivity index (χ4v) is 5.71. The fraction of sp³-hybridized carbons (Fsp3) is 0.333. The number of aromatic hydroxyl groups is 2. The van der Waals surface area contributed by atoms with Crippen LogP contribution in [0.1, 0.15) is 32.1 Å². The van der Waals surface area contributed by atoms with Crippen LogP contribution in [-0.2, 0) is 10.9 Å². The molecule has 2 nitrogen and oxygen atoms in total. The molecule has 0 aromatic heterocycles. The fourth-order valence-electron chi connectivity index (χ4n) is 3.01. The summed E-state index contributed by atoms with van der Waals surface area (Å²) in [6.45, 7) is 0. The Morgan fingerprint density at radius 3 is 1.52 bits per heavy atom. The van der Waals surface area contributed by atoms with Crippen LogP contribution in [0.5, 0.6) is 11.5 Å². The van der Waals surface area contributed by atoms with E-state index in [2.05, 4.69) is 0 Å². The predicted molar refractivity (Wildman–Crippen MR) is 87.0 cm³/mol.